The minimum Gasteiger partial charge on any atom is -0.287 e. The van der Waals surface area contributed by atoms with Crippen LogP contribution in [0.25, 0.3) is 0 Å². The number of hydrogen-bond acceptors (Lipinski definition) is 3. The highest BCUT2D eigenvalue weighted by Crippen LogP contribution is 2.12. The second kappa shape index (κ2) is 3.89. The average Bonchev–Trinajstić information content (AvgIpc) is 2.62. The molecule has 0 unspecified atom stereocenters. The van der Waals surface area contributed by atoms with Crippen LogP contribution in [0, 0.1) is 13.8 Å². The molecule has 0 bridgehead atoms. The molecule has 0 spiro atoms. The van der Waals surface area contributed by atoms with Gasteiger partial charge in [-0.1, -0.05) is 22.4 Å². The lowest BCUT2D eigenvalue weighted by Crippen LogP contribution is -2.08. The maximum Gasteiger partial charge on any atom is 0.212 e. The molecule has 1 aromatic heterocycles. The molecule has 0 saturated carbocycles. The van der Waals surface area contributed by atoms with Crippen LogP contribution in [0.3, 0.4) is 0 Å². The molecule has 0 aliphatic heterocycles. The first kappa shape index (κ1) is 10.5. The van der Waals surface area contributed by atoms with Gasteiger partial charge in [-0.3, -0.25) is 4.79 Å². The lowest BCUT2D eigenvalue weighted by molar-refractivity contribution is 0.103. The highest BCUT2D eigenvalue weighted by Gasteiger charge is 2.13. The molecule has 4 nitrogen and oxygen atoms in total. The SMILES string of the molecule is Cc1cc(C)cc(C(=O)c2cnnn2C)c1. The van der Waals surface area contributed by atoms with E-state index >= 15 is 0 Å². The van der Waals surface area contributed by atoms with Gasteiger partial charge in [-0.2, -0.15) is 0 Å². The topological polar surface area (TPSA) is 47.8 Å². The van der Waals surface area contributed by atoms with Gasteiger partial charge in [-0.25, -0.2) is 4.68 Å². The van der Waals surface area contributed by atoms with Crippen molar-refractivity contribution in [2.75, 3.05) is 0 Å². The van der Waals surface area contributed by atoms with Gasteiger partial charge in [-0.05, 0) is 26.0 Å². The molecule has 0 aliphatic rings. The van der Waals surface area contributed by atoms with E-state index in [2.05, 4.69) is 10.3 Å². The molecule has 2 rings (SSSR count). The van der Waals surface area contributed by atoms with Crippen LogP contribution in [0.15, 0.2) is 24.4 Å². The summed E-state index contributed by atoms with van der Waals surface area (Å²) in [7, 11) is 1.71. The van der Waals surface area contributed by atoms with Crippen molar-refractivity contribution in [2.24, 2.45) is 7.05 Å². The highest BCUT2D eigenvalue weighted by atomic mass is 16.1. The number of ketones is 1. The zero-order chi connectivity index (χ0) is 11.7. The van der Waals surface area contributed by atoms with Gasteiger partial charge in [0.15, 0.2) is 0 Å². The number of aromatic nitrogens is 3. The molecule has 4 heteroatoms. The van der Waals surface area contributed by atoms with Crippen molar-refractivity contribution < 1.29 is 4.79 Å². The molecular weight excluding hydrogens is 202 g/mol. The number of hydrogen-bond donors (Lipinski definition) is 0. The van der Waals surface area contributed by atoms with E-state index in [0.29, 0.717) is 11.3 Å². The number of nitrogens with zero attached hydrogens (tertiary/aromatic N) is 3. The van der Waals surface area contributed by atoms with Crippen LogP contribution in [0.4, 0.5) is 0 Å². The van der Waals surface area contributed by atoms with Crippen LogP contribution in [-0.4, -0.2) is 20.8 Å². The van der Waals surface area contributed by atoms with E-state index in [1.165, 1.54) is 10.9 Å². The van der Waals surface area contributed by atoms with E-state index < -0.39 is 0 Å². The van der Waals surface area contributed by atoms with E-state index in [1.807, 2.05) is 32.0 Å². The Labute approximate surface area is 93.9 Å². The fraction of sp³-hybridized carbons (Fsp3) is 0.250. The van der Waals surface area contributed by atoms with Crippen molar-refractivity contribution in [2.45, 2.75) is 13.8 Å². The number of aryl methyl sites for hydroxylation is 3. The molecule has 0 fully saturated rings. The monoisotopic (exact) mass is 215 g/mol. The average molecular weight is 215 g/mol. The molecule has 0 atom stereocenters. The van der Waals surface area contributed by atoms with E-state index in [9.17, 15) is 4.79 Å². The molecule has 0 N–H and O–H groups in total. The molecule has 16 heavy (non-hydrogen) atoms. The Hall–Kier alpha value is -1.97. The summed E-state index contributed by atoms with van der Waals surface area (Å²) >= 11 is 0. The standard InChI is InChI=1S/C12H13N3O/c1-8-4-9(2)6-10(5-8)12(16)11-7-13-14-15(11)3/h4-7H,1-3H3. The Balaban J connectivity index is 2.45. The van der Waals surface area contributed by atoms with Crippen LogP contribution in [0.5, 0.6) is 0 Å². The summed E-state index contributed by atoms with van der Waals surface area (Å²) in [6.07, 6.45) is 1.49. The van der Waals surface area contributed by atoms with Crippen LogP contribution >= 0.6 is 0 Å². The summed E-state index contributed by atoms with van der Waals surface area (Å²) in [6, 6.07) is 5.79. The number of benzene rings is 1. The van der Waals surface area contributed by atoms with Gasteiger partial charge in [0.25, 0.3) is 0 Å². The summed E-state index contributed by atoms with van der Waals surface area (Å²) in [5.41, 5.74) is 3.35. The van der Waals surface area contributed by atoms with E-state index in [-0.39, 0.29) is 5.78 Å². The molecular formula is C12H13N3O. The largest absolute Gasteiger partial charge is 0.287 e. The minimum absolute atomic E-state index is 0.0423. The Morgan fingerprint density at radius 3 is 2.31 bits per heavy atom. The number of carbonyl (C=O) groups is 1. The molecule has 0 aliphatic carbocycles. The number of rotatable bonds is 2. The maximum atomic E-state index is 12.1. The summed E-state index contributed by atoms with van der Waals surface area (Å²) < 4.78 is 1.49. The molecule has 82 valence electrons. The fourth-order valence-corrected chi connectivity index (χ4v) is 1.75. The minimum atomic E-state index is -0.0423. The van der Waals surface area contributed by atoms with Crippen LogP contribution in [-0.2, 0) is 7.05 Å². The van der Waals surface area contributed by atoms with Crippen molar-refractivity contribution >= 4 is 5.78 Å². The first-order valence-corrected chi connectivity index (χ1v) is 5.05. The van der Waals surface area contributed by atoms with Gasteiger partial charge in [0.05, 0.1) is 6.20 Å². The van der Waals surface area contributed by atoms with Crippen LogP contribution < -0.4 is 0 Å². The third kappa shape index (κ3) is 1.86. The first-order valence-electron chi connectivity index (χ1n) is 5.05. The second-order valence-corrected chi connectivity index (χ2v) is 3.95. The van der Waals surface area contributed by atoms with Crippen LogP contribution in [0.1, 0.15) is 27.2 Å². The summed E-state index contributed by atoms with van der Waals surface area (Å²) in [5, 5.41) is 7.46. The predicted octanol–water partition coefficient (Wildman–Crippen LogP) is 1.66. The van der Waals surface area contributed by atoms with Crippen LogP contribution in [0.2, 0.25) is 0 Å². The molecule has 0 amide bonds. The molecule has 2 aromatic rings. The third-order valence-electron chi connectivity index (χ3n) is 2.43. The lowest BCUT2D eigenvalue weighted by atomic mass is 10.0. The quantitative estimate of drug-likeness (QED) is 0.716. The van der Waals surface area contributed by atoms with Gasteiger partial charge in [0, 0.05) is 12.6 Å². The van der Waals surface area contributed by atoms with Crippen molar-refractivity contribution in [1.82, 2.24) is 15.0 Å². The predicted molar refractivity (Wildman–Crippen MR) is 60.4 cm³/mol. The van der Waals surface area contributed by atoms with Crippen molar-refractivity contribution in [3.05, 3.63) is 46.8 Å². The van der Waals surface area contributed by atoms with E-state index in [1.54, 1.807) is 7.05 Å². The van der Waals surface area contributed by atoms with Gasteiger partial charge in [-0.15, -0.1) is 5.10 Å². The Kier molecular flexibility index (Phi) is 2.56. The molecule has 0 radical (unpaired) electrons. The summed E-state index contributed by atoms with van der Waals surface area (Å²) in [5.74, 6) is -0.0423. The Morgan fingerprint density at radius 1 is 1.19 bits per heavy atom. The molecule has 1 aromatic carbocycles. The molecule has 0 saturated heterocycles. The highest BCUT2D eigenvalue weighted by molar-refractivity contribution is 6.07. The van der Waals surface area contributed by atoms with Gasteiger partial charge < -0.3 is 0 Å². The fourth-order valence-electron chi connectivity index (χ4n) is 1.75. The lowest BCUT2D eigenvalue weighted by Gasteiger charge is -2.03. The van der Waals surface area contributed by atoms with E-state index in [4.69, 9.17) is 0 Å². The second-order valence-electron chi connectivity index (χ2n) is 3.95. The van der Waals surface area contributed by atoms with Gasteiger partial charge >= 0.3 is 0 Å². The Bertz CT molecular complexity index is 523. The van der Waals surface area contributed by atoms with E-state index in [0.717, 1.165) is 11.1 Å². The van der Waals surface area contributed by atoms with Gasteiger partial charge in [0.1, 0.15) is 5.69 Å². The first-order chi connectivity index (χ1) is 7.58. The summed E-state index contributed by atoms with van der Waals surface area (Å²) in [6.45, 7) is 3.95. The van der Waals surface area contributed by atoms with Crippen molar-refractivity contribution in [3.63, 3.8) is 0 Å². The zero-order valence-electron chi connectivity index (χ0n) is 9.56. The Morgan fingerprint density at radius 2 is 1.81 bits per heavy atom. The summed E-state index contributed by atoms with van der Waals surface area (Å²) in [4.78, 5) is 12.1. The third-order valence-corrected chi connectivity index (χ3v) is 2.43. The normalized spacial score (nSPS) is 10.4. The van der Waals surface area contributed by atoms with Crippen molar-refractivity contribution in [1.29, 1.82) is 0 Å². The molecule has 1 heterocycles. The zero-order valence-corrected chi connectivity index (χ0v) is 9.56. The smallest absolute Gasteiger partial charge is 0.212 e. The maximum absolute atomic E-state index is 12.1. The van der Waals surface area contributed by atoms with Crippen molar-refractivity contribution in [3.8, 4) is 0 Å². The number of carbonyl (C=O) groups excluding carboxylic acids is 1. The van der Waals surface area contributed by atoms with Gasteiger partial charge in [0.2, 0.25) is 5.78 Å².